The van der Waals surface area contributed by atoms with Gasteiger partial charge in [-0.3, -0.25) is 13.9 Å². The van der Waals surface area contributed by atoms with Gasteiger partial charge in [0.15, 0.2) is 0 Å². The number of piperazine rings is 1. The van der Waals surface area contributed by atoms with Crippen LogP contribution in [0.25, 0.3) is 0 Å². The summed E-state index contributed by atoms with van der Waals surface area (Å²) in [6.07, 6.45) is -0.834. The lowest BCUT2D eigenvalue weighted by molar-refractivity contribution is -0.118. The van der Waals surface area contributed by atoms with Crippen LogP contribution in [0.5, 0.6) is 0 Å². The largest absolute Gasteiger partial charge is 0.447 e. The fraction of sp³-hybridized carbons (Fsp3) is 0.913. The van der Waals surface area contributed by atoms with Crippen LogP contribution in [-0.2, 0) is 27.7 Å². The molecule has 0 aliphatic carbocycles. The van der Waals surface area contributed by atoms with Crippen LogP contribution in [0.4, 0.5) is 4.79 Å². The van der Waals surface area contributed by atoms with Gasteiger partial charge < -0.3 is 34.6 Å². The van der Waals surface area contributed by atoms with Gasteiger partial charge in [0.1, 0.15) is 6.61 Å². The summed E-state index contributed by atoms with van der Waals surface area (Å²) >= 11 is 0. The first-order valence-corrected chi connectivity index (χ1v) is 15.9. The molecule has 38 heavy (non-hydrogen) atoms. The Labute approximate surface area is 231 Å². The van der Waals surface area contributed by atoms with E-state index in [1.54, 1.807) is 51.0 Å². The van der Waals surface area contributed by atoms with Crippen LogP contribution in [0, 0.1) is 0 Å². The Morgan fingerprint density at radius 3 is 1.71 bits per heavy atom. The second kappa shape index (κ2) is 21.7. The van der Waals surface area contributed by atoms with Crippen molar-refractivity contribution in [2.24, 2.45) is 5.73 Å². The van der Waals surface area contributed by atoms with Gasteiger partial charge in [-0.1, -0.05) is 14.9 Å². The van der Waals surface area contributed by atoms with Gasteiger partial charge in [-0.25, -0.2) is 14.1 Å². The van der Waals surface area contributed by atoms with Gasteiger partial charge in [0, 0.05) is 45.6 Å². The third-order valence-corrected chi connectivity index (χ3v) is 8.60. The third-order valence-electron chi connectivity index (χ3n) is 4.16. The molecule has 1 heterocycles. The van der Waals surface area contributed by atoms with Crippen LogP contribution in [0.1, 0.15) is 56.4 Å². The Morgan fingerprint density at radius 2 is 1.37 bits per heavy atom. The van der Waals surface area contributed by atoms with E-state index >= 15 is 0 Å². The van der Waals surface area contributed by atoms with Crippen molar-refractivity contribution in [1.29, 1.82) is 0 Å². The molecule has 1 rings (SSSR count). The minimum atomic E-state index is -2.86. The maximum Gasteiger partial charge on any atom is 0.409 e. The van der Waals surface area contributed by atoms with Crippen molar-refractivity contribution in [2.75, 3.05) is 66.3 Å². The van der Waals surface area contributed by atoms with Crippen molar-refractivity contribution in [1.82, 2.24) is 14.2 Å². The molecule has 0 aromatic heterocycles. The first-order valence-electron chi connectivity index (χ1n) is 11.8. The minimum absolute atomic E-state index is 0. The van der Waals surface area contributed by atoms with Crippen molar-refractivity contribution in [2.45, 2.75) is 74.7 Å². The molecule has 1 aliphatic heterocycles. The smallest absolute Gasteiger partial charge is 0.409 e. The minimum Gasteiger partial charge on any atom is -0.447 e. The zero-order chi connectivity index (χ0) is 28.7. The highest BCUT2D eigenvalue weighted by atomic mass is 31.2. The molecule has 1 aliphatic rings. The molecule has 0 bridgehead atoms. The van der Waals surface area contributed by atoms with Crippen LogP contribution >= 0.6 is 15.0 Å². The number of ether oxygens (including phenoxy) is 1. The number of aliphatic hydroxyl groups is 2. The Morgan fingerprint density at radius 1 is 0.947 bits per heavy atom. The van der Waals surface area contributed by atoms with Gasteiger partial charge in [0.2, 0.25) is 5.91 Å². The predicted molar refractivity (Wildman–Crippen MR) is 154 cm³/mol. The van der Waals surface area contributed by atoms with E-state index in [2.05, 4.69) is 0 Å². The normalized spacial score (nSPS) is 16.7. The van der Waals surface area contributed by atoms with Crippen molar-refractivity contribution in [3.05, 3.63) is 0 Å². The van der Waals surface area contributed by atoms with E-state index in [0.717, 1.165) is 0 Å². The maximum absolute atomic E-state index is 12.4. The molecule has 4 N–H and O–H groups in total. The van der Waals surface area contributed by atoms with Gasteiger partial charge in [-0.15, -0.1) is 0 Å². The molecule has 232 valence electrons. The molecule has 2 atom stereocenters. The molecule has 15 heteroatoms. The average molecular weight is 595 g/mol. The summed E-state index contributed by atoms with van der Waals surface area (Å²) < 4.78 is 42.7. The molecule has 2 unspecified atom stereocenters. The molecule has 0 spiro atoms. The van der Waals surface area contributed by atoms with Crippen LogP contribution in [0.3, 0.4) is 0 Å². The molecule has 1 saturated heterocycles. The summed E-state index contributed by atoms with van der Waals surface area (Å²) in [5, 5.41) is 16.6. The summed E-state index contributed by atoms with van der Waals surface area (Å²) in [6, 6.07) is 0. The van der Waals surface area contributed by atoms with Crippen LogP contribution in [0.2, 0.25) is 0 Å². The van der Waals surface area contributed by atoms with Gasteiger partial charge in [-0.05, 0) is 48.6 Å². The number of carbonyl (C=O) groups excluding carboxylic acids is 2. The van der Waals surface area contributed by atoms with Crippen molar-refractivity contribution in [3.63, 3.8) is 0 Å². The Balaban J connectivity index is -0.000000267. The van der Waals surface area contributed by atoms with Crippen molar-refractivity contribution >= 4 is 27.0 Å². The number of primary amides is 1. The van der Waals surface area contributed by atoms with E-state index in [1.807, 2.05) is 13.8 Å². The number of carbonyl (C=O) groups is 2. The number of amides is 2. The lowest BCUT2D eigenvalue weighted by Crippen LogP contribution is -2.47. The quantitative estimate of drug-likeness (QED) is 0.317. The van der Waals surface area contributed by atoms with E-state index in [4.69, 9.17) is 29.7 Å². The first kappa shape index (κ1) is 44.0. The highest BCUT2D eigenvalue weighted by Crippen LogP contribution is 2.48. The summed E-state index contributed by atoms with van der Waals surface area (Å²) in [7, 11) is -4.10. The number of nitrogens with zero attached hydrogens (tertiary/aromatic N) is 3. The SMILES string of the molecule is C.C.CC(C)O.CC(C)OP(C)(=O)N(C)CC(N)=O.CC(C)OP(C)(=O)N1CCN(C(=O)OCCO)CC1. The standard InChI is InChI=1S/C11H23N2O5P.C7H17N2O3P.C3H8O.2CH4/c1-10(2)18-19(3,16)13-6-4-12(5-7-13)11(15)17-9-8-14;1-6(2)12-13(4,11)9(3)5-7(8)10;1-3(2)4;;/h10,14H,4-9H2,1-3H3;6H,5H2,1-4H3,(H2,8,10);3-4H,1-2H3;2*1H4. The first-order chi connectivity index (χ1) is 16.3. The van der Waals surface area contributed by atoms with Gasteiger partial charge in [-0.2, -0.15) is 0 Å². The van der Waals surface area contributed by atoms with Crippen LogP contribution < -0.4 is 5.73 Å². The van der Waals surface area contributed by atoms with Crippen LogP contribution in [0.15, 0.2) is 0 Å². The maximum atomic E-state index is 12.4. The summed E-state index contributed by atoms with van der Waals surface area (Å²) in [6.45, 7) is 15.4. The number of hydrogen-bond donors (Lipinski definition) is 3. The second-order valence-corrected chi connectivity index (χ2v) is 14.0. The van der Waals surface area contributed by atoms with Gasteiger partial charge >= 0.3 is 6.09 Å². The zero-order valence-corrected chi connectivity index (χ0v) is 25.0. The summed E-state index contributed by atoms with van der Waals surface area (Å²) in [5.74, 6) is -0.517. The summed E-state index contributed by atoms with van der Waals surface area (Å²) in [4.78, 5) is 23.7. The Kier molecular flexibility index (Phi) is 25.2. The van der Waals surface area contributed by atoms with Gasteiger partial charge in [0.05, 0.1) is 25.4 Å². The topological polar surface area (TPSA) is 172 Å². The fourth-order valence-electron chi connectivity index (χ4n) is 2.75. The number of likely N-dealkylation sites (N-methyl/N-ethyl adjacent to an activating group) is 1. The molecular formula is C23H56N4O9P2. The predicted octanol–water partition coefficient (Wildman–Crippen LogP) is 3.29. The number of aliphatic hydroxyl groups excluding tert-OH is 2. The number of hydrogen-bond acceptors (Lipinski definition) is 9. The molecule has 0 radical (unpaired) electrons. The van der Waals surface area contributed by atoms with Crippen molar-refractivity contribution in [3.8, 4) is 0 Å². The van der Waals surface area contributed by atoms with Crippen LogP contribution in [-0.4, -0.2) is 121 Å². The molecule has 0 aromatic carbocycles. The van der Waals surface area contributed by atoms with Gasteiger partial charge in [0.25, 0.3) is 15.0 Å². The Bertz CT molecular complexity index is 729. The molecule has 0 aromatic rings. The summed E-state index contributed by atoms with van der Waals surface area (Å²) in [5.41, 5.74) is 4.96. The monoisotopic (exact) mass is 594 g/mol. The zero-order valence-electron chi connectivity index (χ0n) is 23.2. The second-order valence-electron chi connectivity index (χ2n) is 9.07. The van der Waals surface area contributed by atoms with E-state index < -0.39 is 27.0 Å². The van der Waals surface area contributed by atoms with E-state index in [0.29, 0.717) is 26.2 Å². The molecular weight excluding hydrogens is 538 g/mol. The number of nitrogens with two attached hydrogens (primary N) is 1. The van der Waals surface area contributed by atoms with E-state index in [1.165, 1.54) is 11.3 Å². The molecule has 1 fully saturated rings. The third kappa shape index (κ3) is 21.8. The fourth-order valence-corrected chi connectivity index (χ4v) is 5.91. The van der Waals surface area contributed by atoms with Crippen molar-refractivity contribution < 1.29 is 42.7 Å². The van der Waals surface area contributed by atoms with E-state index in [-0.39, 0.29) is 52.9 Å². The highest BCUT2D eigenvalue weighted by Gasteiger charge is 2.32. The van der Waals surface area contributed by atoms with E-state index in [9.17, 15) is 18.7 Å². The highest BCUT2D eigenvalue weighted by molar-refractivity contribution is 7.55. The Hall–Kier alpha value is -1.04. The molecule has 2 amide bonds. The average Bonchev–Trinajstić information content (AvgIpc) is 2.70. The number of rotatable bonds is 10. The lowest BCUT2D eigenvalue weighted by Gasteiger charge is -2.37. The molecule has 13 nitrogen and oxygen atoms in total. The lowest BCUT2D eigenvalue weighted by atomic mass is 10.4. The molecule has 0 saturated carbocycles.